The number of nitrogens with zero attached hydrogens (tertiary/aromatic N) is 1. The number of pyridine rings is 1. The topological polar surface area (TPSA) is 51.2 Å². The van der Waals surface area contributed by atoms with Gasteiger partial charge in [0.1, 0.15) is 5.60 Å². The fourth-order valence-corrected chi connectivity index (χ4v) is 1.33. The lowest BCUT2D eigenvalue weighted by molar-refractivity contribution is 0.0529. The van der Waals surface area contributed by atoms with Crippen molar-refractivity contribution in [3.63, 3.8) is 0 Å². The van der Waals surface area contributed by atoms with E-state index >= 15 is 0 Å². The minimum Gasteiger partial charge on any atom is -0.444 e. The van der Waals surface area contributed by atoms with Gasteiger partial charge in [-0.05, 0) is 33.3 Å². The van der Waals surface area contributed by atoms with E-state index in [0.29, 0.717) is 18.5 Å². The van der Waals surface area contributed by atoms with E-state index in [2.05, 4.69) is 22.1 Å². The Labute approximate surface area is 118 Å². The van der Waals surface area contributed by atoms with Gasteiger partial charge in [-0.1, -0.05) is 11.8 Å². The van der Waals surface area contributed by atoms with E-state index in [1.165, 1.54) is 12.3 Å². The Hall–Kier alpha value is -2.09. The van der Waals surface area contributed by atoms with Gasteiger partial charge >= 0.3 is 6.09 Å². The number of rotatable bonds is 2. The Kier molecular flexibility index (Phi) is 5.51. The number of hydrogen-bond acceptors (Lipinski definition) is 3. The van der Waals surface area contributed by atoms with Crippen LogP contribution in [0.25, 0.3) is 0 Å². The number of alkyl carbamates (subject to hydrolysis) is 1. The number of halogens is 1. The van der Waals surface area contributed by atoms with Crippen molar-refractivity contribution >= 4 is 6.09 Å². The van der Waals surface area contributed by atoms with Gasteiger partial charge in [0.15, 0.2) is 0 Å². The van der Waals surface area contributed by atoms with Gasteiger partial charge in [0.2, 0.25) is 5.95 Å². The van der Waals surface area contributed by atoms with Crippen molar-refractivity contribution in [2.75, 3.05) is 6.54 Å². The van der Waals surface area contributed by atoms with Crippen LogP contribution in [-0.2, 0) is 4.74 Å². The summed E-state index contributed by atoms with van der Waals surface area (Å²) in [6.45, 7) is 7.59. The maximum absolute atomic E-state index is 12.9. The summed E-state index contributed by atoms with van der Waals surface area (Å²) in [6.07, 6.45) is 1.44. The summed E-state index contributed by atoms with van der Waals surface area (Å²) in [6, 6.07) is 1.30. The fraction of sp³-hybridized carbons (Fsp3) is 0.467. The van der Waals surface area contributed by atoms with Crippen molar-refractivity contribution in [3.8, 4) is 11.8 Å². The van der Waals surface area contributed by atoms with Gasteiger partial charge < -0.3 is 10.1 Å². The summed E-state index contributed by atoms with van der Waals surface area (Å²) < 4.78 is 18.0. The Balaban J connectivity index is 2.40. The lowest BCUT2D eigenvalue weighted by Crippen LogP contribution is -2.32. The van der Waals surface area contributed by atoms with E-state index in [0.717, 1.165) is 5.56 Å². The minimum absolute atomic E-state index is 0.383. The summed E-state index contributed by atoms with van der Waals surface area (Å²) in [5.74, 6) is 5.18. The molecular weight excluding hydrogens is 259 g/mol. The highest BCUT2D eigenvalue weighted by atomic mass is 19.1. The number of nitrogens with one attached hydrogen (secondary N) is 1. The van der Waals surface area contributed by atoms with Gasteiger partial charge in [0.05, 0.1) is 0 Å². The predicted molar refractivity (Wildman–Crippen MR) is 74.7 cm³/mol. The number of carbonyl (C=O) groups excluding carboxylic acids is 1. The number of carbonyl (C=O) groups is 1. The third-order valence-corrected chi connectivity index (χ3v) is 2.21. The van der Waals surface area contributed by atoms with Crippen molar-refractivity contribution in [3.05, 3.63) is 29.3 Å². The molecule has 1 N–H and O–H groups in total. The van der Waals surface area contributed by atoms with Gasteiger partial charge in [0, 0.05) is 30.8 Å². The van der Waals surface area contributed by atoms with Crippen molar-refractivity contribution in [1.29, 1.82) is 0 Å². The standard InChI is InChI=1S/C15H19FN2O2/c1-11-10-18-13(16)9-12(11)7-5-6-8-17-14(19)20-15(2,3)4/h9-10H,6,8H2,1-4H3,(H,17,19). The molecule has 0 unspecified atom stereocenters. The van der Waals surface area contributed by atoms with Crippen LogP contribution < -0.4 is 5.32 Å². The van der Waals surface area contributed by atoms with Gasteiger partial charge in [0.25, 0.3) is 0 Å². The first-order chi connectivity index (χ1) is 9.28. The third kappa shape index (κ3) is 6.19. The molecule has 1 aromatic rings. The predicted octanol–water partition coefficient (Wildman–Crippen LogP) is 2.80. The number of ether oxygens (including phenoxy) is 1. The van der Waals surface area contributed by atoms with Crippen molar-refractivity contribution in [1.82, 2.24) is 10.3 Å². The van der Waals surface area contributed by atoms with E-state index in [9.17, 15) is 9.18 Å². The second kappa shape index (κ2) is 6.90. The zero-order chi connectivity index (χ0) is 15.2. The molecule has 1 heterocycles. The van der Waals surface area contributed by atoms with Crippen LogP contribution in [0.15, 0.2) is 12.3 Å². The fourth-order valence-electron chi connectivity index (χ4n) is 1.33. The first-order valence-electron chi connectivity index (χ1n) is 6.36. The van der Waals surface area contributed by atoms with Crippen LogP contribution in [0.2, 0.25) is 0 Å². The lowest BCUT2D eigenvalue weighted by Gasteiger charge is -2.19. The molecule has 0 aliphatic rings. The van der Waals surface area contributed by atoms with Crippen LogP contribution in [0.4, 0.5) is 9.18 Å². The van der Waals surface area contributed by atoms with Crippen molar-refractivity contribution < 1.29 is 13.9 Å². The molecule has 20 heavy (non-hydrogen) atoms. The van der Waals surface area contributed by atoms with E-state index in [1.54, 1.807) is 20.8 Å². The molecule has 0 radical (unpaired) electrons. The smallest absolute Gasteiger partial charge is 0.407 e. The minimum atomic E-state index is -0.549. The third-order valence-electron chi connectivity index (χ3n) is 2.21. The summed E-state index contributed by atoms with van der Waals surface area (Å²) >= 11 is 0. The molecule has 1 aromatic heterocycles. The molecule has 0 aromatic carbocycles. The normalized spacial score (nSPS) is 10.4. The highest BCUT2D eigenvalue weighted by Gasteiger charge is 2.15. The average Bonchev–Trinajstić information content (AvgIpc) is 2.30. The monoisotopic (exact) mass is 278 g/mol. The first-order valence-corrected chi connectivity index (χ1v) is 6.36. The second-order valence-electron chi connectivity index (χ2n) is 5.30. The average molecular weight is 278 g/mol. The van der Waals surface area contributed by atoms with Crippen LogP contribution in [-0.4, -0.2) is 23.2 Å². The van der Waals surface area contributed by atoms with E-state index < -0.39 is 17.6 Å². The Morgan fingerprint density at radius 1 is 1.50 bits per heavy atom. The molecule has 0 saturated heterocycles. The van der Waals surface area contributed by atoms with Crippen LogP contribution in [0, 0.1) is 24.7 Å². The lowest BCUT2D eigenvalue weighted by atomic mass is 10.1. The number of hydrogen-bond donors (Lipinski definition) is 1. The molecule has 0 fully saturated rings. The van der Waals surface area contributed by atoms with E-state index in [1.807, 2.05) is 6.92 Å². The molecule has 108 valence electrons. The van der Waals surface area contributed by atoms with E-state index in [-0.39, 0.29) is 0 Å². The quantitative estimate of drug-likeness (QED) is 0.514. The highest BCUT2D eigenvalue weighted by molar-refractivity contribution is 5.67. The molecule has 0 aliphatic heterocycles. The molecule has 0 aliphatic carbocycles. The van der Waals surface area contributed by atoms with Crippen molar-refractivity contribution in [2.24, 2.45) is 0 Å². The summed E-state index contributed by atoms with van der Waals surface area (Å²) in [4.78, 5) is 14.9. The summed E-state index contributed by atoms with van der Waals surface area (Å²) in [5, 5.41) is 2.60. The zero-order valence-electron chi connectivity index (χ0n) is 12.2. The number of aromatic nitrogens is 1. The summed E-state index contributed by atoms with van der Waals surface area (Å²) in [7, 11) is 0. The maximum Gasteiger partial charge on any atom is 0.407 e. The zero-order valence-corrected chi connectivity index (χ0v) is 12.2. The van der Waals surface area contributed by atoms with Gasteiger partial charge in [-0.25, -0.2) is 9.78 Å². The summed E-state index contributed by atoms with van der Waals surface area (Å²) in [5.41, 5.74) is 0.912. The van der Waals surface area contributed by atoms with Crippen LogP contribution in [0.5, 0.6) is 0 Å². The molecule has 1 rings (SSSR count). The SMILES string of the molecule is Cc1cnc(F)cc1C#CCCNC(=O)OC(C)(C)C. The number of aryl methyl sites for hydroxylation is 1. The van der Waals surface area contributed by atoms with Gasteiger partial charge in [-0.3, -0.25) is 0 Å². The molecule has 0 atom stereocenters. The molecule has 0 bridgehead atoms. The maximum atomic E-state index is 12.9. The van der Waals surface area contributed by atoms with Crippen LogP contribution in [0.3, 0.4) is 0 Å². The number of amides is 1. The Morgan fingerprint density at radius 3 is 2.85 bits per heavy atom. The highest BCUT2D eigenvalue weighted by Crippen LogP contribution is 2.06. The Bertz CT molecular complexity index is 539. The van der Waals surface area contributed by atoms with Crippen LogP contribution >= 0.6 is 0 Å². The molecule has 0 saturated carbocycles. The molecule has 0 spiro atoms. The molecule has 1 amide bonds. The Morgan fingerprint density at radius 2 is 2.20 bits per heavy atom. The van der Waals surface area contributed by atoms with Crippen LogP contribution in [0.1, 0.15) is 38.3 Å². The van der Waals surface area contributed by atoms with Gasteiger partial charge in [-0.15, -0.1) is 0 Å². The largest absolute Gasteiger partial charge is 0.444 e. The van der Waals surface area contributed by atoms with Gasteiger partial charge in [-0.2, -0.15) is 4.39 Å². The second-order valence-corrected chi connectivity index (χ2v) is 5.30. The molecule has 5 heteroatoms. The molecular formula is C15H19FN2O2. The first kappa shape index (κ1) is 16.0. The van der Waals surface area contributed by atoms with Crippen molar-refractivity contribution in [2.45, 2.75) is 39.7 Å². The van der Waals surface area contributed by atoms with E-state index in [4.69, 9.17) is 4.74 Å². The molecule has 4 nitrogen and oxygen atoms in total.